The summed E-state index contributed by atoms with van der Waals surface area (Å²) < 4.78 is 2.58. The van der Waals surface area contributed by atoms with E-state index in [9.17, 15) is 0 Å². The fraction of sp³-hybridized carbons (Fsp3) is 0.300. The molecule has 0 bridgehead atoms. The predicted octanol–water partition coefficient (Wildman–Crippen LogP) is 3.89. The van der Waals surface area contributed by atoms with Gasteiger partial charge >= 0.3 is 0 Å². The third-order valence-corrected chi connectivity index (χ3v) is 3.68. The van der Waals surface area contributed by atoms with E-state index in [4.69, 9.17) is 0 Å². The summed E-state index contributed by atoms with van der Waals surface area (Å²) in [4.78, 5) is 4.44. The van der Waals surface area contributed by atoms with E-state index in [1.165, 1.54) is 12.7 Å². The van der Waals surface area contributed by atoms with Crippen molar-refractivity contribution in [2.75, 3.05) is 0 Å². The Kier molecular flexibility index (Phi) is 2.42. The minimum Gasteiger partial charge on any atom is -0.260 e. The highest BCUT2D eigenvalue weighted by Gasteiger charge is 2.28. The lowest BCUT2D eigenvalue weighted by atomic mass is 9.87. The average Bonchev–Trinajstić information content (AvgIpc) is 2.26. The second-order valence-corrected chi connectivity index (χ2v) is 6.17. The van der Waals surface area contributed by atoms with Gasteiger partial charge in [-0.1, -0.05) is 13.8 Å². The molecule has 1 heterocycles. The highest BCUT2D eigenvalue weighted by atomic mass is 127. The van der Waals surface area contributed by atoms with Crippen LogP contribution in [-0.2, 0) is 5.41 Å². The molecule has 0 radical (unpaired) electrons. The van der Waals surface area contributed by atoms with Crippen molar-refractivity contribution in [3.05, 3.63) is 24.8 Å². The zero-order valence-electron chi connectivity index (χ0n) is 7.44. The van der Waals surface area contributed by atoms with E-state index in [2.05, 4.69) is 76.2 Å². The molecule has 1 aromatic carbocycles. The van der Waals surface area contributed by atoms with E-state index in [1.54, 1.807) is 0 Å². The van der Waals surface area contributed by atoms with E-state index in [-0.39, 0.29) is 5.41 Å². The molecule has 1 nitrogen and oxygen atoms in total. The van der Waals surface area contributed by atoms with E-state index >= 15 is 0 Å². The van der Waals surface area contributed by atoms with E-state index < -0.39 is 0 Å². The normalized spacial score (nSPS) is 17.5. The molecule has 1 aliphatic rings. The molecule has 1 aromatic rings. The first kappa shape index (κ1) is 9.89. The topological polar surface area (TPSA) is 12.4 Å². The van der Waals surface area contributed by atoms with Gasteiger partial charge in [0, 0.05) is 24.3 Å². The fourth-order valence-electron chi connectivity index (χ4n) is 1.60. The lowest BCUT2D eigenvalue weighted by Crippen LogP contribution is -2.16. The zero-order chi connectivity index (χ0) is 9.64. The summed E-state index contributed by atoms with van der Waals surface area (Å²) in [6.45, 7) is 4.41. The molecule has 68 valence electrons. The van der Waals surface area contributed by atoms with Crippen molar-refractivity contribution in [2.45, 2.75) is 19.3 Å². The van der Waals surface area contributed by atoms with E-state index in [0.29, 0.717) is 0 Å². The van der Waals surface area contributed by atoms with Crippen molar-refractivity contribution in [2.24, 2.45) is 4.99 Å². The Bertz CT molecular complexity index is 394. The first-order valence-electron chi connectivity index (χ1n) is 4.05. The van der Waals surface area contributed by atoms with Crippen LogP contribution in [0, 0.1) is 7.14 Å². The van der Waals surface area contributed by atoms with Gasteiger partial charge in [0.25, 0.3) is 0 Å². The number of nitrogens with zero attached hydrogens (tertiary/aromatic N) is 1. The number of hydrogen-bond acceptors (Lipinski definition) is 1. The molecule has 1 aliphatic heterocycles. The summed E-state index contributed by atoms with van der Waals surface area (Å²) in [6, 6.07) is 4.35. The van der Waals surface area contributed by atoms with Gasteiger partial charge in [0.15, 0.2) is 0 Å². The average molecular weight is 397 g/mol. The Morgan fingerprint density at radius 2 is 1.92 bits per heavy atom. The number of aliphatic imine (C=N–C) groups is 1. The number of halogens is 2. The fourth-order valence-corrected chi connectivity index (χ4v) is 4.10. The molecule has 0 saturated carbocycles. The first-order valence-corrected chi connectivity index (χ1v) is 6.21. The number of hydrogen-bond donors (Lipinski definition) is 0. The van der Waals surface area contributed by atoms with E-state index in [1.807, 2.05) is 6.21 Å². The number of benzene rings is 1. The number of rotatable bonds is 0. The van der Waals surface area contributed by atoms with Crippen molar-refractivity contribution < 1.29 is 0 Å². The Labute approximate surface area is 105 Å². The van der Waals surface area contributed by atoms with Crippen molar-refractivity contribution >= 4 is 57.1 Å². The molecule has 0 fully saturated rings. The van der Waals surface area contributed by atoms with Crippen LogP contribution in [-0.4, -0.2) is 6.21 Å². The molecule has 0 amide bonds. The standard InChI is InChI=1S/C10H9I2N/c1-10(2)5-13-8-4-6(11)3-7(12)9(8)10/h3-5H,1-2H3. The predicted molar refractivity (Wildman–Crippen MR) is 73.1 cm³/mol. The van der Waals surface area contributed by atoms with Gasteiger partial charge in [-0.3, -0.25) is 4.99 Å². The van der Waals surface area contributed by atoms with Crippen LogP contribution in [0.4, 0.5) is 5.69 Å². The second kappa shape index (κ2) is 3.18. The zero-order valence-corrected chi connectivity index (χ0v) is 11.8. The van der Waals surface area contributed by atoms with Crippen LogP contribution in [0.25, 0.3) is 0 Å². The smallest absolute Gasteiger partial charge is 0.0688 e. The van der Waals surface area contributed by atoms with Gasteiger partial charge in [0.2, 0.25) is 0 Å². The Morgan fingerprint density at radius 3 is 2.62 bits per heavy atom. The monoisotopic (exact) mass is 397 g/mol. The highest BCUT2D eigenvalue weighted by molar-refractivity contribution is 14.1. The molecule has 0 saturated heterocycles. The number of fused-ring (bicyclic) bond motifs is 1. The van der Waals surface area contributed by atoms with Gasteiger partial charge in [-0.05, 0) is 57.3 Å². The summed E-state index contributed by atoms with van der Waals surface area (Å²) in [6.07, 6.45) is 2.04. The first-order chi connectivity index (χ1) is 6.00. The molecule has 0 aliphatic carbocycles. The van der Waals surface area contributed by atoms with Crippen LogP contribution in [0.5, 0.6) is 0 Å². The van der Waals surface area contributed by atoms with Gasteiger partial charge in [-0.2, -0.15) is 0 Å². The molecule has 0 spiro atoms. The maximum Gasteiger partial charge on any atom is 0.0688 e. The third-order valence-electron chi connectivity index (χ3n) is 2.20. The molecule has 0 atom stereocenters. The van der Waals surface area contributed by atoms with Crippen LogP contribution < -0.4 is 0 Å². The van der Waals surface area contributed by atoms with Crippen LogP contribution in [0.2, 0.25) is 0 Å². The lowest BCUT2D eigenvalue weighted by Gasteiger charge is -2.17. The largest absolute Gasteiger partial charge is 0.260 e. The van der Waals surface area contributed by atoms with Crippen molar-refractivity contribution in [3.63, 3.8) is 0 Å². The summed E-state index contributed by atoms with van der Waals surface area (Å²) >= 11 is 4.72. The SMILES string of the molecule is CC1(C)C=Nc2cc(I)cc(I)c21. The van der Waals surface area contributed by atoms with Crippen LogP contribution >= 0.6 is 45.2 Å². The molecule has 0 aromatic heterocycles. The van der Waals surface area contributed by atoms with Gasteiger partial charge in [-0.25, -0.2) is 0 Å². The molecule has 0 N–H and O–H groups in total. The Hall–Kier alpha value is 0.350. The van der Waals surface area contributed by atoms with Crippen molar-refractivity contribution in [3.8, 4) is 0 Å². The molecule has 3 heteroatoms. The van der Waals surface area contributed by atoms with Gasteiger partial charge in [-0.15, -0.1) is 0 Å². The molecule has 13 heavy (non-hydrogen) atoms. The maximum absolute atomic E-state index is 4.44. The van der Waals surface area contributed by atoms with Crippen LogP contribution in [0.1, 0.15) is 19.4 Å². The molecule has 0 unspecified atom stereocenters. The maximum atomic E-state index is 4.44. The minimum absolute atomic E-state index is 0.107. The highest BCUT2D eigenvalue weighted by Crippen LogP contribution is 2.40. The molecular formula is C10H9I2N. The van der Waals surface area contributed by atoms with Crippen LogP contribution in [0.15, 0.2) is 17.1 Å². The van der Waals surface area contributed by atoms with Crippen molar-refractivity contribution in [1.82, 2.24) is 0 Å². The van der Waals surface area contributed by atoms with E-state index in [0.717, 1.165) is 5.69 Å². The van der Waals surface area contributed by atoms with Crippen LogP contribution in [0.3, 0.4) is 0 Å². The molecule has 2 rings (SSSR count). The molecular weight excluding hydrogens is 388 g/mol. The third kappa shape index (κ3) is 1.65. The van der Waals surface area contributed by atoms with Gasteiger partial charge in [0.05, 0.1) is 5.69 Å². The summed E-state index contributed by atoms with van der Waals surface area (Å²) in [5.74, 6) is 0. The summed E-state index contributed by atoms with van der Waals surface area (Å²) in [5, 5.41) is 0. The minimum atomic E-state index is 0.107. The quantitative estimate of drug-likeness (QED) is 0.590. The Balaban J connectivity index is 2.71. The second-order valence-electron chi connectivity index (χ2n) is 3.76. The Morgan fingerprint density at radius 1 is 1.23 bits per heavy atom. The van der Waals surface area contributed by atoms with Gasteiger partial charge < -0.3 is 0 Å². The van der Waals surface area contributed by atoms with Crippen molar-refractivity contribution in [1.29, 1.82) is 0 Å². The lowest BCUT2D eigenvalue weighted by molar-refractivity contribution is 0.748. The summed E-state index contributed by atoms with van der Waals surface area (Å²) in [7, 11) is 0. The van der Waals surface area contributed by atoms with Gasteiger partial charge in [0.1, 0.15) is 0 Å². The summed E-state index contributed by atoms with van der Waals surface area (Å²) in [5.41, 5.74) is 2.62.